The molecule has 246 valence electrons. The molecule has 0 unspecified atom stereocenters. The fourth-order valence-corrected chi connectivity index (χ4v) is 4.11. The van der Waals surface area contributed by atoms with E-state index < -0.39 is 50.9 Å². The highest BCUT2D eigenvalue weighted by atomic mass is 32.2. The first-order chi connectivity index (χ1) is 20.4. The van der Waals surface area contributed by atoms with Crippen LogP contribution >= 0.6 is 0 Å². The fourth-order valence-electron chi connectivity index (χ4n) is 3.69. The number of rotatable bonds is 12. The number of halogens is 3. The maximum atomic E-state index is 13.5. The third-order valence-corrected chi connectivity index (χ3v) is 7.01. The molecule has 0 aliphatic heterocycles. The first-order valence-electron chi connectivity index (χ1n) is 13.0. The molecule has 17 heteroatoms. The van der Waals surface area contributed by atoms with Gasteiger partial charge in [0.05, 0.1) is 14.2 Å². The van der Waals surface area contributed by atoms with Gasteiger partial charge < -0.3 is 38.1 Å². The van der Waals surface area contributed by atoms with Crippen molar-refractivity contribution in [3.05, 3.63) is 23.9 Å². The van der Waals surface area contributed by atoms with Crippen molar-refractivity contribution in [2.45, 2.75) is 46.4 Å². The van der Waals surface area contributed by atoms with Gasteiger partial charge in [0, 0.05) is 43.9 Å². The predicted octanol–water partition coefficient (Wildman–Crippen LogP) is 5.11. The van der Waals surface area contributed by atoms with E-state index in [0.717, 1.165) is 0 Å². The Labute approximate surface area is 253 Å². The van der Waals surface area contributed by atoms with E-state index in [2.05, 4.69) is 14.5 Å². The second kappa shape index (κ2) is 14.3. The van der Waals surface area contributed by atoms with Crippen LogP contribution in [0, 0.1) is 5.41 Å². The summed E-state index contributed by atoms with van der Waals surface area (Å²) in [5, 5.41) is 2.42. The highest BCUT2D eigenvalue weighted by Crippen LogP contribution is 2.49. The third-order valence-electron chi connectivity index (χ3n) is 6.07. The summed E-state index contributed by atoms with van der Waals surface area (Å²) in [6.07, 6.45) is -2.17. The number of benzene rings is 1. The van der Waals surface area contributed by atoms with Crippen LogP contribution in [0.4, 0.5) is 23.7 Å². The number of methoxy groups -OCH3 is 4. The number of hydrogen-bond acceptors (Lipinski definition) is 11. The number of carbonyl (C=O) groups is 2. The van der Waals surface area contributed by atoms with Crippen molar-refractivity contribution >= 4 is 27.8 Å². The smallest absolute Gasteiger partial charge is 0.493 e. The van der Waals surface area contributed by atoms with Gasteiger partial charge in [0.2, 0.25) is 17.9 Å². The Morgan fingerprint density at radius 1 is 0.955 bits per heavy atom. The molecular weight excluding hydrogens is 615 g/mol. The van der Waals surface area contributed by atoms with E-state index in [-0.39, 0.29) is 47.2 Å². The van der Waals surface area contributed by atoms with Crippen LogP contribution in [0.25, 0.3) is 11.1 Å². The largest absolute Gasteiger partial charge is 0.534 e. The van der Waals surface area contributed by atoms with Crippen LogP contribution in [0.3, 0.4) is 0 Å². The molecule has 2 aromatic rings. The number of hydrogen-bond donors (Lipinski definition) is 1. The van der Waals surface area contributed by atoms with Crippen LogP contribution in [-0.4, -0.2) is 77.3 Å². The van der Waals surface area contributed by atoms with Gasteiger partial charge in [-0.15, -0.1) is 0 Å². The molecule has 0 fully saturated rings. The maximum absolute atomic E-state index is 13.5. The van der Waals surface area contributed by atoms with Gasteiger partial charge in [0.25, 0.3) is 5.88 Å². The molecule has 0 saturated heterocycles. The molecule has 0 saturated carbocycles. The van der Waals surface area contributed by atoms with Gasteiger partial charge in [0.15, 0.2) is 11.5 Å². The van der Waals surface area contributed by atoms with E-state index in [0.29, 0.717) is 0 Å². The number of amides is 2. The number of nitrogens with zero attached hydrogens (tertiary/aromatic N) is 2. The number of alkyl halides is 3. The number of ether oxygens (including phenoxy) is 5. The standard InChI is InChI=1S/C27H36F3N3O10S/c1-10-33(11-2)25(35)42-20-15(12-13-18(38-6)21(20)39-7)16-14-17(23(40-8)41-9)31-22(43-44(36,37)27(28,29)30)19(16)32-24(34)26(3,4)5/h12-14,23H,10-11H2,1-9H3,(H,32,34). The Bertz CT molecular complexity index is 1450. The number of pyridine rings is 1. The van der Waals surface area contributed by atoms with Crippen LogP contribution in [0.1, 0.15) is 46.6 Å². The van der Waals surface area contributed by atoms with Gasteiger partial charge >= 0.3 is 21.7 Å². The monoisotopic (exact) mass is 651 g/mol. The SMILES string of the molecule is CCN(CC)C(=O)Oc1c(-c2cc(C(OC)OC)nc(OS(=O)(=O)C(F)(F)F)c2NC(=O)C(C)(C)C)ccc(OC)c1OC. The van der Waals surface area contributed by atoms with Crippen molar-refractivity contribution in [1.82, 2.24) is 9.88 Å². The molecule has 0 radical (unpaired) electrons. The number of anilines is 1. The van der Waals surface area contributed by atoms with E-state index >= 15 is 0 Å². The average Bonchev–Trinajstić information content (AvgIpc) is 2.93. The lowest BCUT2D eigenvalue weighted by atomic mass is 9.94. The molecule has 2 rings (SSSR count). The first kappa shape index (κ1) is 36.4. The van der Waals surface area contributed by atoms with E-state index in [9.17, 15) is 31.2 Å². The molecule has 1 heterocycles. The fraction of sp³-hybridized carbons (Fsp3) is 0.519. The molecule has 0 aliphatic carbocycles. The predicted molar refractivity (Wildman–Crippen MR) is 152 cm³/mol. The second-order valence-electron chi connectivity index (χ2n) is 9.98. The van der Waals surface area contributed by atoms with Crippen molar-refractivity contribution in [1.29, 1.82) is 0 Å². The average molecular weight is 652 g/mol. The lowest BCUT2D eigenvalue weighted by Crippen LogP contribution is -2.33. The first-order valence-corrected chi connectivity index (χ1v) is 14.5. The molecule has 2 amide bonds. The van der Waals surface area contributed by atoms with Crippen LogP contribution in [0.2, 0.25) is 0 Å². The highest BCUT2D eigenvalue weighted by molar-refractivity contribution is 7.88. The van der Waals surface area contributed by atoms with Crippen LogP contribution < -0.4 is 23.7 Å². The molecule has 1 aromatic carbocycles. The Kier molecular flexibility index (Phi) is 11.8. The molecular formula is C27H36F3N3O10S. The molecule has 1 aromatic heterocycles. The Morgan fingerprint density at radius 3 is 2.00 bits per heavy atom. The molecule has 0 bridgehead atoms. The van der Waals surface area contributed by atoms with Gasteiger partial charge in [-0.05, 0) is 32.0 Å². The van der Waals surface area contributed by atoms with Crippen molar-refractivity contribution in [3.63, 3.8) is 0 Å². The molecule has 1 N–H and O–H groups in total. The number of aromatic nitrogens is 1. The minimum Gasteiger partial charge on any atom is -0.493 e. The molecule has 13 nitrogen and oxygen atoms in total. The van der Waals surface area contributed by atoms with Crippen molar-refractivity contribution in [2.75, 3.05) is 46.8 Å². The lowest BCUT2D eigenvalue weighted by molar-refractivity contribution is -0.123. The van der Waals surface area contributed by atoms with E-state index in [1.54, 1.807) is 13.8 Å². The molecule has 0 atom stereocenters. The lowest BCUT2D eigenvalue weighted by Gasteiger charge is -2.25. The Hall–Kier alpha value is -3.83. The van der Waals surface area contributed by atoms with Crippen molar-refractivity contribution in [3.8, 4) is 34.3 Å². The van der Waals surface area contributed by atoms with Crippen LogP contribution in [0.15, 0.2) is 18.2 Å². The van der Waals surface area contributed by atoms with Crippen molar-refractivity contribution < 1.29 is 59.0 Å². The van der Waals surface area contributed by atoms with Gasteiger partial charge in [-0.3, -0.25) is 4.79 Å². The normalized spacial score (nSPS) is 12.1. The molecule has 0 aliphatic rings. The number of nitrogens with one attached hydrogen (secondary N) is 1. The Morgan fingerprint density at radius 2 is 1.55 bits per heavy atom. The summed E-state index contributed by atoms with van der Waals surface area (Å²) in [6.45, 7) is 8.48. The topological polar surface area (TPSA) is 152 Å². The third kappa shape index (κ3) is 8.00. The zero-order valence-corrected chi connectivity index (χ0v) is 26.6. The van der Waals surface area contributed by atoms with Gasteiger partial charge in [0.1, 0.15) is 11.4 Å². The van der Waals surface area contributed by atoms with Crippen LogP contribution in [-0.2, 0) is 24.4 Å². The van der Waals surface area contributed by atoms with Gasteiger partial charge in [-0.25, -0.2) is 9.78 Å². The maximum Gasteiger partial charge on any atom is 0.534 e. The summed E-state index contributed by atoms with van der Waals surface area (Å²) in [5.74, 6) is -2.18. The van der Waals surface area contributed by atoms with Gasteiger partial charge in [-0.1, -0.05) is 20.8 Å². The van der Waals surface area contributed by atoms with Crippen LogP contribution in [0.5, 0.6) is 23.1 Å². The summed E-state index contributed by atoms with van der Waals surface area (Å²) >= 11 is 0. The second-order valence-corrected chi connectivity index (χ2v) is 11.5. The highest BCUT2D eigenvalue weighted by Gasteiger charge is 2.49. The van der Waals surface area contributed by atoms with E-state index in [4.69, 9.17) is 23.7 Å². The van der Waals surface area contributed by atoms with E-state index in [1.807, 2.05) is 0 Å². The Balaban J connectivity index is 3.14. The van der Waals surface area contributed by atoms with E-state index in [1.165, 1.54) is 72.3 Å². The summed E-state index contributed by atoms with van der Waals surface area (Å²) in [4.78, 5) is 31.5. The zero-order valence-electron chi connectivity index (χ0n) is 25.7. The summed E-state index contributed by atoms with van der Waals surface area (Å²) in [5.41, 5.74) is -8.10. The quantitative estimate of drug-likeness (QED) is 0.185. The van der Waals surface area contributed by atoms with Gasteiger partial charge in [-0.2, -0.15) is 21.6 Å². The summed E-state index contributed by atoms with van der Waals surface area (Å²) < 4.78 is 96.3. The van der Waals surface area contributed by atoms with Crippen molar-refractivity contribution in [2.24, 2.45) is 5.41 Å². The molecule has 44 heavy (non-hydrogen) atoms. The minimum atomic E-state index is -6.30. The molecule has 0 spiro atoms. The zero-order chi connectivity index (χ0) is 33.6. The minimum absolute atomic E-state index is 0.0590. The summed E-state index contributed by atoms with van der Waals surface area (Å²) in [7, 11) is -1.32. The summed E-state index contributed by atoms with van der Waals surface area (Å²) in [6, 6.07) is 3.99. The number of carbonyl (C=O) groups excluding carboxylic acids is 2.